The minimum Gasteiger partial charge on any atom is -0.495 e. The van der Waals surface area contributed by atoms with Crippen molar-refractivity contribution in [1.29, 1.82) is 0 Å². The molecule has 3 aromatic rings. The Labute approximate surface area is 163 Å². The second-order valence-corrected chi connectivity index (χ2v) is 8.77. The summed E-state index contributed by atoms with van der Waals surface area (Å²) in [4.78, 5) is 8.64. The van der Waals surface area contributed by atoms with Gasteiger partial charge in [0.15, 0.2) is 0 Å². The number of nitrogens with zero attached hydrogens (tertiary/aromatic N) is 2. The number of ether oxygens (including phenoxy) is 1. The third-order valence-electron chi connectivity index (χ3n) is 4.94. The van der Waals surface area contributed by atoms with Crippen LogP contribution in [0, 0.1) is 0 Å². The van der Waals surface area contributed by atoms with Crippen molar-refractivity contribution in [3.63, 3.8) is 0 Å². The average molecular weight is 385 g/mol. The molecule has 1 fully saturated rings. The van der Waals surface area contributed by atoms with E-state index in [9.17, 15) is 0 Å². The lowest BCUT2D eigenvalue weighted by molar-refractivity contribution is 0.361. The zero-order valence-electron chi connectivity index (χ0n) is 15.1. The maximum atomic E-state index is 5.48. The topological polar surface area (TPSA) is 25.4 Å². The lowest BCUT2D eigenvalue weighted by atomic mass is 10.0. The Balaban J connectivity index is 1.56. The molecule has 2 aromatic heterocycles. The molecule has 0 bridgehead atoms. The molecule has 26 heavy (non-hydrogen) atoms. The van der Waals surface area contributed by atoms with Crippen LogP contribution in [0.25, 0.3) is 10.1 Å². The fourth-order valence-electron chi connectivity index (χ4n) is 3.55. The fourth-order valence-corrected chi connectivity index (χ4v) is 5.83. The molecule has 4 rings (SSSR count). The van der Waals surface area contributed by atoms with Gasteiger partial charge < -0.3 is 4.74 Å². The van der Waals surface area contributed by atoms with Crippen molar-refractivity contribution in [2.75, 3.05) is 31.8 Å². The van der Waals surface area contributed by atoms with Crippen molar-refractivity contribution in [1.82, 2.24) is 9.88 Å². The van der Waals surface area contributed by atoms with E-state index in [1.165, 1.54) is 45.2 Å². The van der Waals surface area contributed by atoms with Crippen molar-refractivity contribution in [2.24, 2.45) is 0 Å². The Hall–Kier alpha value is -1.56. The highest BCUT2D eigenvalue weighted by atomic mass is 32.2. The molecule has 0 unspecified atom stereocenters. The van der Waals surface area contributed by atoms with E-state index in [0.717, 1.165) is 30.7 Å². The molecule has 1 aliphatic heterocycles. The van der Waals surface area contributed by atoms with Crippen LogP contribution in [0.5, 0.6) is 5.75 Å². The third-order valence-corrected chi connectivity index (χ3v) is 7.23. The molecular weight excluding hydrogens is 360 g/mol. The summed E-state index contributed by atoms with van der Waals surface area (Å²) in [6.45, 7) is 2.40. The molecule has 0 radical (unpaired) electrons. The van der Waals surface area contributed by atoms with Gasteiger partial charge in [-0.05, 0) is 48.4 Å². The standard InChI is InChI=1S/C21H24N2OS2/c1-24-19-6-4-11-22-18(19)9-8-17-16-5-2-3-7-20(16)26-21(17)10-12-23-13-14-25-15-23/h2-7,11H,8-10,12-15H2,1H3. The molecular formula is C21H24N2OS2. The molecule has 1 aliphatic rings. The maximum Gasteiger partial charge on any atom is 0.140 e. The minimum absolute atomic E-state index is 0.891. The van der Waals surface area contributed by atoms with E-state index in [0.29, 0.717) is 0 Å². The summed E-state index contributed by atoms with van der Waals surface area (Å²) >= 11 is 4.01. The Kier molecular flexibility index (Phi) is 5.78. The van der Waals surface area contributed by atoms with Gasteiger partial charge >= 0.3 is 0 Å². The number of aromatic nitrogens is 1. The lowest BCUT2D eigenvalue weighted by Gasteiger charge is -2.13. The number of thiophene rings is 1. The van der Waals surface area contributed by atoms with Gasteiger partial charge in [-0.3, -0.25) is 9.88 Å². The maximum absolute atomic E-state index is 5.48. The summed E-state index contributed by atoms with van der Waals surface area (Å²) in [6.07, 6.45) is 4.93. The molecule has 5 heteroatoms. The zero-order chi connectivity index (χ0) is 17.8. The highest BCUT2D eigenvalue weighted by molar-refractivity contribution is 7.99. The Bertz CT molecular complexity index is 871. The van der Waals surface area contributed by atoms with Gasteiger partial charge in [0.05, 0.1) is 12.8 Å². The average Bonchev–Trinajstić information content (AvgIpc) is 3.32. The quantitative estimate of drug-likeness (QED) is 0.593. The number of pyridine rings is 1. The van der Waals surface area contributed by atoms with Crippen LogP contribution in [0.15, 0.2) is 42.6 Å². The van der Waals surface area contributed by atoms with E-state index in [1.54, 1.807) is 7.11 Å². The summed E-state index contributed by atoms with van der Waals surface area (Å²) in [5, 5.41) is 1.41. The summed E-state index contributed by atoms with van der Waals surface area (Å²) in [6, 6.07) is 12.7. The Morgan fingerprint density at radius 3 is 2.88 bits per heavy atom. The third kappa shape index (κ3) is 3.90. The summed E-state index contributed by atoms with van der Waals surface area (Å²) in [7, 11) is 1.72. The van der Waals surface area contributed by atoms with Gasteiger partial charge in [-0.1, -0.05) is 18.2 Å². The lowest BCUT2D eigenvalue weighted by Crippen LogP contribution is -2.22. The van der Waals surface area contributed by atoms with Gasteiger partial charge in [0.2, 0.25) is 0 Å². The van der Waals surface area contributed by atoms with E-state index >= 15 is 0 Å². The van der Waals surface area contributed by atoms with Crippen LogP contribution in [-0.2, 0) is 19.3 Å². The van der Waals surface area contributed by atoms with Crippen molar-refractivity contribution in [2.45, 2.75) is 19.3 Å². The Morgan fingerprint density at radius 1 is 1.12 bits per heavy atom. The molecule has 0 atom stereocenters. The molecule has 0 spiro atoms. The monoisotopic (exact) mass is 384 g/mol. The fraction of sp³-hybridized carbons (Fsp3) is 0.381. The van der Waals surface area contributed by atoms with Gasteiger partial charge in [0.1, 0.15) is 5.75 Å². The van der Waals surface area contributed by atoms with Crippen molar-refractivity contribution >= 4 is 33.2 Å². The first-order valence-corrected chi connectivity index (χ1v) is 11.1. The van der Waals surface area contributed by atoms with Gasteiger partial charge in [-0.15, -0.1) is 23.1 Å². The van der Waals surface area contributed by atoms with Crippen LogP contribution in [0.4, 0.5) is 0 Å². The van der Waals surface area contributed by atoms with Gasteiger partial charge in [0, 0.05) is 40.5 Å². The summed E-state index contributed by atoms with van der Waals surface area (Å²) in [5.41, 5.74) is 2.55. The van der Waals surface area contributed by atoms with Crippen molar-refractivity contribution < 1.29 is 4.74 Å². The zero-order valence-corrected chi connectivity index (χ0v) is 16.7. The molecule has 0 N–H and O–H groups in total. The van der Waals surface area contributed by atoms with E-state index in [1.807, 2.05) is 41.4 Å². The molecule has 0 aliphatic carbocycles. The van der Waals surface area contributed by atoms with E-state index in [-0.39, 0.29) is 0 Å². The second-order valence-electron chi connectivity index (χ2n) is 6.56. The highest BCUT2D eigenvalue weighted by Gasteiger charge is 2.16. The molecule has 1 saturated heterocycles. The first-order chi connectivity index (χ1) is 12.8. The number of benzene rings is 1. The first kappa shape index (κ1) is 17.8. The van der Waals surface area contributed by atoms with Crippen LogP contribution in [0.1, 0.15) is 16.1 Å². The largest absolute Gasteiger partial charge is 0.495 e. The number of methoxy groups -OCH3 is 1. The number of fused-ring (bicyclic) bond motifs is 1. The molecule has 3 heterocycles. The highest BCUT2D eigenvalue weighted by Crippen LogP contribution is 2.33. The van der Waals surface area contributed by atoms with Gasteiger partial charge in [-0.2, -0.15) is 0 Å². The van der Waals surface area contributed by atoms with Crippen LogP contribution >= 0.6 is 23.1 Å². The Morgan fingerprint density at radius 2 is 2.04 bits per heavy atom. The number of hydrogen-bond acceptors (Lipinski definition) is 5. The van der Waals surface area contributed by atoms with E-state index < -0.39 is 0 Å². The SMILES string of the molecule is COc1cccnc1CCc1c(CCN2CCSC2)sc2ccccc12. The number of thioether (sulfide) groups is 1. The number of hydrogen-bond donors (Lipinski definition) is 0. The van der Waals surface area contributed by atoms with E-state index in [4.69, 9.17) is 4.74 Å². The normalized spacial score (nSPS) is 15.0. The molecule has 1 aromatic carbocycles. The van der Waals surface area contributed by atoms with Gasteiger partial charge in [-0.25, -0.2) is 0 Å². The summed E-state index contributed by atoms with van der Waals surface area (Å²) in [5.74, 6) is 3.35. The smallest absolute Gasteiger partial charge is 0.140 e. The molecule has 3 nitrogen and oxygen atoms in total. The van der Waals surface area contributed by atoms with Crippen LogP contribution < -0.4 is 4.74 Å². The molecule has 136 valence electrons. The van der Waals surface area contributed by atoms with Crippen LogP contribution in [0.3, 0.4) is 0 Å². The van der Waals surface area contributed by atoms with E-state index in [2.05, 4.69) is 34.1 Å². The van der Waals surface area contributed by atoms with Crippen LogP contribution in [-0.4, -0.2) is 41.7 Å². The molecule has 0 saturated carbocycles. The minimum atomic E-state index is 0.891. The molecule has 0 amide bonds. The van der Waals surface area contributed by atoms with Crippen molar-refractivity contribution in [3.05, 3.63) is 58.7 Å². The van der Waals surface area contributed by atoms with Gasteiger partial charge in [0.25, 0.3) is 0 Å². The predicted octanol–water partition coefficient (Wildman–Crippen LogP) is 4.64. The van der Waals surface area contributed by atoms with Crippen molar-refractivity contribution in [3.8, 4) is 5.75 Å². The summed E-state index contributed by atoms with van der Waals surface area (Å²) < 4.78 is 6.88. The predicted molar refractivity (Wildman–Crippen MR) is 113 cm³/mol. The first-order valence-electron chi connectivity index (χ1n) is 9.12. The number of aryl methyl sites for hydroxylation is 2. The van der Waals surface area contributed by atoms with Crippen LogP contribution in [0.2, 0.25) is 0 Å². The second kappa shape index (κ2) is 8.42. The number of rotatable bonds is 7.